The van der Waals surface area contributed by atoms with Crippen LogP contribution in [0.5, 0.6) is 0 Å². The lowest BCUT2D eigenvalue weighted by atomic mass is 9.98. The van der Waals surface area contributed by atoms with Gasteiger partial charge in [0.15, 0.2) is 0 Å². The molecular weight excluding hydrogens is 325 g/mol. The van der Waals surface area contributed by atoms with Gasteiger partial charge in [-0.2, -0.15) is 10.5 Å². The summed E-state index contributed by atoms with van der Waals surface area (Å²) in [6.45, 7) is 3.17. The van der Waals surface area contributed by atoms with E-state index in [0.29, 0.717) is 11.1 Å². The average molecular weight is 347 g/mol. The van der Waals surface area contributed by atoms with Crippen molar-refractivity contribution in [3.63, 3.8) is 0 Å². The highest BCUT2D eigenvalue weighted by Crippen LogP contribution is 2.24. The first-order chi connectivity index (χ1) is 12.7. The Bertz CT molecular complexity index is 782. The van der Waals surface area contributed by atoms with Crippen LogP contribution in [0.4, 0.5) is 4.39 Å². The van der Waals surface area contributed by atoms with Crippen molar-refractivity contribution in [3.05, 3.63) is 77.4 Å². The number of unbranched alkanes of at least 4 members (excludes halogenated alkanes) is 3. The smallest absolute Gasteiger partial charge is 0.137 e. The second-order valence-electron chi connectivity index (χ2n) is 6.09. The van der Waals surface area contributed by atoms with Crippen molar-refractivity contribution in [2.45, 2.75) is 32.6 Å². The van der Waals surface area contributed by atoms with Crippen molar-refractivity contribution in [1.82, 2.24) is 4.90 Å². The van der Waals surface area contributed by atoms with Crippen LogP contribution >= 0.6 is 0 Å². The second kappa shape index (κ2) is 10.0. The van der Waals surface area contributed by atoms with Crippen LogP contribution < -0.4 is 0 Å². The molecule has 0 aromatic heterocycles. The van der Waals surface area contributed by atoms with Crippen molar-refractivity contribution in [1.29, 1.82) is 10.5 Å². The minimum Gasteiger partial charge on any atom is -0.354 e. The van der Waals surface area contributed by atoms with Gasteiger partial charge >= 0.3 is 0 Å². The average Bonchev–Trinajstić information content (AvgIpc) is 2.67. The molecule has 0 saturated carbocycles. The molecule has 0 N–H and O–H groups in total. The Hall–Kier alpha value is -3.11. The Balaban J connectivity index is 2.18. The third kappa shape index (κ3) is 5.46. The highest BCUT2D eigenvalue weighted by molar-refractivity contribution is 5.83. The van der Waals surface area contributed by atoms with Crippen LogP contribution in [0.1, 0.15) is 38.2 Å². The summed E-state index contributed by atoms with van der Waals surface area (Å²) in [6, 6.07) is 9.65. The van der Waals surface area contributed by atoms with E-state index in [1.165, 1.54) is 31.4 Å². The van der Waals surface area contributed by atoms with E-state index in [0.717, 1.165) is 18.5 Å². The lowest BCUT2D eigenvalue weighted by Gasteiger charge is -2.19. The quantitative estimate of drug-likeness (QED) is 0.485. The molecule has 1 heterocycles. The topological polar surface area (TPSA) is 50.8 Å². The van der Waals surface area contributed by atoms with Crippen molar-refractivity contribution in [2.75, 3.05) is 6.54 Å². The standard InChI is InChI=1S/C22H22FN3/c1-2-3-4-5-12-26-13-10-18(11-14-26)15-22(20(16-24)17-25)19-6-8-21(23)9-7-19/h6-11,13-15H,2-5,12H2,1H3. The minimum atomic E-state index is -0.354. The Morgan fingerprint density at radius 2 is 1.69 bits per heavy atom. The first kappa shape index (κ1) is 19.2. The van der Waals surface area contributed by atoms with E-state index < -0.39 is 0 Å². The van der Waals surface area contributed by atoms with Gasteiger partial charge in [0.2, 0.25) is 0 Å². The van der Waals surface area contributed by atoms with E-state index in [4.69, 9.17) is 0 Å². The van der Waals surface area contributed by atoms with E-state index in [2.05, 4.69) is 11.8 Å². The Morgan fingerprint density at radius 3 is 2.27 bits per heavy atom. The summed E-state index contributed by atoms with van der Waals surface area (Å²) < 4.78 is 13.2. The fourth-order valence-corrected chi connectivity index (χ4v) is 2.68. The SMILES string of the molecule is CCCCCCN1C=CC(=CC(=C(C#N)C#N)c2ccc(F)cc2)C=C1. The van der Waals surface area contributed by atoms with Crippen LogP contribution in [0.15, 0.2) is 66.0 Å². The molecule has 0 spiro atoms. The van der Waals surface area contributed by atoms with Crippen molar-refractivity contribution >= 4 is 5.57 Å². The highest BCUT2D eigenvalue weighted by atomic mass is 19.1. The molecule has 2 rings (SSSR count). The maximum Gasteiger partial charge on any atom is 0.137 e. The summed E-state index contributed by atoms with van der Waals surface area (Å²) in [5.74, 6) is -0.354. The second-order valence-corrected chi connectivity index (χ2v) is 6.09. The number of rotatable bonds is 7. The molecule has 132 valence electrons. The molecule has 0 aliphatic carbocycles. The van der Waals surface area contributed by atoms with E-state index in [9.17, 15) is 14.9 Å². The number of allylic oxidation sites excluding steroid dienone is 6. The van der Waals surface area contributed by atoms with Crippen LogP contribution in [0.2, 0.25) is 0 Å². The summed E-state index contributed by atoms with van der Waals surface area (Å²) in [5, 5.41) is 18.5. The van der Waals surface area contributed by atoms with Crippen LogP contribution in [-0.2, 0) is 0 Å². The van der Waals surface area contributed by atoms with Gasteiger partial charge < -0.3 is 4.90 Å². The summed E-state index contributed by atoms with van der Waals surface area (Å²) in [7, 11) is 0. The van der Waals surface area contributed by atoms with Gasteiger partial charge in [-0.25, -0.2) is 4.39 Å². The molecule has 0 unspecified atom stereocenters. The van der Waals surface area contributed by atoms with Crippen LogP contribution in [0.25, 0.3) is 5.57 Å². The third-order valence-corrected chi connectivity index (χ3v) is 4.15. The summed E-state index contributed by atoms with van der Waals surface area (Å²) in [5.41, 5.74) is 2.03. The minimum absolute atomic E-state index is 0.00732. The lowest BCUT2D eigenvalue weighted by molar-refractivity contribution is 0.468. The van der Waals surface area contributed by atoms with Gasteiger partial charge in [0.1, 0.15) is 23.5 Å². The number of benzene rings is 1. The van der Waals surface area contributed by atoms with Crippen molar-refractivity contribution < 1.29 is 4.39 Å². The molecule has 26 heavy (non-hydrogen) atoms. The van der Waals surface area contributed by atoms with Crippen LogP contribution in [-0.4, -0.2) is 11.4 Å². The maximum atomic E-state index is 13.2. The zero-order valence-corrected chi connectivity index (χ0v) is 15.0. The number of nitriles is 2. The molecule has 0 atom stereocenters. The lowest BCUT2D eigenvalue weighted by Crippen LogP contribution is -2.13. The summed E-state index contributed by atoms with van der Waals surface area (Å²) in [6.07, 6.45) is 14.5. The predicted molar refractivity (Wildman–Crippen MR) is 102 cm³/mol. The van der Waals surface area contributed by atoms with E-state index in [1.807, 2.05) is 36.7 Å². The summed E-state index contributed by atoms with van der Waals surface area (Å²) >= 11 is 0. The fourth-order valence-electron chi connectivity index (χ4n) is 2.68. The number of halogens is 1. The van der Waals surface area contributed by atoms with Crippen molar-refractivity contribution in [3.8, 4) is 12.1 Å². The van der Waals surface area contributed by atoms with Gasteiger partial charge in [-0.3, -0.25) is 0 Å². The van der Waals surface area contributed by atoms with E-state index >= 15 is 0 Å². The number of nitrogens with zero attached hydrogens (tertiary/aromatic N) is 3. The van der Waals surface area contributed by atoms with Crippen LogP contribution in [0, 0.1) is 28.5 Å². The highest BCUT2D eigenvalue weighted by Gasteiger charge is 2.09. The molecular formula is C22H22FN3. The molecule has 4 heteroatoms. The van der Waals surface area contributed by atoms with Gasteiger partial charge in [-0.15, -0.1) is 0 Å². The Kier molecular flexibility index (Phi) is 7.40. The van der Waals surface area contributed by atoms with Gasteiger partial charge in [0.05, 0.1) is 0 Å². The van der Waals surface area contributed by atoms with E-state index in [1.54, 1.807) is 18.2 Å². The maximum absolute atomic E-state index is 13.2. The van der Waals surface area contributed by atoms with Gasteiger partial charge in [0.25, 0.3) is 0 Å². The first-order valence-electron chi connectivity index (χ1n) is 8.82. The monoisotopic (exact) mass is 347 g/mol. The predicted octanol–water partition coefficient (Wildman–Crippen LogP) is 5.48. The third-order valence-electron chi connectivity index (χ3n) is 4.15. The van der Waals surface area contributed by atoms with Gasteiger partial charge in [0, 0.05) is 24.5 Å². The van der Waals surface area contributed by atoms with Gasteiger partial charge in [-0.05, 0) is 47.9 Å². The summed E-state index contributed by atoms with van der Waals surface area (Å²) in [4.78, 5) is 2.13. The molecule has 0 amide bonds. The molecule has 0 radical (unpaired) electrons. The molecule has 1 aromatic rings. The van der Waals surface area contributed by atoms with Crippen LogP contribution in [0.3, 0.4) is 0 Å². The Morgan fingerprint density at radius 1 is 1.04 bits per heavy atom. The fraction of sp³-hybridized carbons (Fsp3) is 0.273. The number of hydrogen-bond donors (Lipinski definition) is 0. The zero-order chi connectivity index (χ0) is 18.8. The first-order valence-corrected chi connectivity index (χ1v) is 8.82. The van der Waals surface area contributed by atoms with Crippen molar-refractivity contribution in [2.24, 2.45) is 0 Å². The Labute approximate surface area is 154 Å². The molecule has 0 fully saturated rings. The molecule has 0 bridgehead atoms. The largest absolute Gasteiger partial charge is 0.354 e. The van der Waals surface area contributed by atoms with E-state index in [-0.39, 0.29) is 11.4 Å². The molecule has 1 aliphatic rings. The molecule has 3 nitrogen and oxygen atoms in total. The van der Waals surface area contributed by atoms with Gasteiger partial charge in [-0.1, -0.05) is 38.3 Å². The zero-order valence-electron chi connectivity index (χ0n) is 15.0. The number of hydrogen-bond acceptors (Lipinski definition) is 3. The molecule has 0 saturated heterocycles. The molecule has 1 aromatic carbocycles. The molecule has 1 aliphatic heterocycles. The normalized spacial score (nSPS) is 12.5.